The van der Waals surface area contributed by atoms with Gasteiger partial charge < -0.3 is 14.4 Å². The van der Waals surface area contributed by atoms with Crippen molar-refractivity contribution in [3.8, 4) is 5.75 Å². The van der Waals surface area contributed by atoms with Crippen molar-refractivity contribution in [3.05, 3.63) is 42.5 Å². The molecule has 1 aromatic heterocycles. The highest BCUT2D eigenvalue weighted by Gasteiger charge is 2.26. The van der Waals surface area contributed by atoms with Crippen LogP contribution in [0.2, 0.25) is 0 Å². The van der Waals surface area contributed by atoms with Gasteiger partial charge in [0.25, 0.3) is 0 Å². The Hall–Kier alpha value is -1.46. The number of benzene rings is 1. The van der Waals surface area contributed by atoms with Gasteiger partial charge in [-0.3, -0.25) is 0 Å². The molecule has 0 saturated heterocycles. The zero-order valence-electron chi connectivity index (χ0n) is 11.4. The Morgan fingerprint density at radius 1 is 1.50 bits per heavy atom. The van der Waals surface area contributed by atoms with Crippen LogP contribution in [0, 0.1) is 0 Å². The van der Waals surface area contributed by atoms with Gasteiger partial charge in [-0.05, 0) is 18.6 Å². The molecule has 0 amide bonds. The molecule has 5 heteroatoms. The zero-order valence-corrected chi connectivity index (χ0v) is 12.2. The van der Waals surface area contributed by atoms with Crippen molar-refractivity contribution in [3.63, 3.8) is 0 Å². The van der Waals surface area contributed by atoms with Crippen molar-refractivity contribution in [1.29, 1.82) is 0 Å². The highest BCUT2D eigenvalue weighted by molar-refractivity contribution is 7.99. The van der Waals surface area contributed by atoms with Crippen molar-refractivity contribution in [2.45, 2.75) is 29.9 Å². The fraction of sp³-hybridized carbons (Fsp3) is 0.400. The van der Waals surface area contributed by atoms with E-state index in [0.29, 0.717) is 6.42 Å². The number of para-hydroxylation sites is 1. The largest absolute Gasteiger partial charge is 0.486 e. The molecule has 4 nitrogen and oxygen atoms in total. The third-order valence-corrected chi connectivity index (χ3v) is 4.69. The van der Waals surface area contributed by atoms with E-state index in [0.717, 1.165) is 28.6 Å². The van der Waals surface area contributed by atoms with Crippen LogP contribution in [0.3, 0.4) is 0 Å². The van der Waals surface area contributed by atoms with Crippen LogP contribution in [0.25, 0.3) is 0 Å². The van der Waals surface area contributed by atoms with Crippen LogP contribution in [0.5, 0.6) is 5.75 Å². The minimum Gasteiger partial charge on any atom is -0.486 e. The summed E-state index contributed by atoms with van der Waals surface area (Å²) >= 11 is 1.75. The molecular formula is C15H18N2O2S. The molecule has 0 spiro atoms. The molecule has 2 heterocycles. The van der Waals surface area contributed by atoms with E-state index in [1.807, 2.05) is 36.0 Å². The van der Waals surface area contributed by atoms with Crippen LogP contribution in [0.15, 0.2) is 41.6 Å². The second-order valence-corrected chi connectivity index (χ2v) is 6.04. The fourth-order valence-corrected chi connectivity index (χ4v) is 3.39. The van der Waals surface area contributed by atoms with Crippen molar-refractivity contribution >= 4 is 11.8 Å². The van der Waals surface area contributed by atoms with Crippen LogP contribution in [0.4, 0.5) is 0 Å². The monoisotopic (exact) mass is 290 g/mol. The smallest absolute Gasteiger partial charge is 0.134 e. The lowest BCUT2D eigenvalue weighted by Crippen LogP contribution is -2.36. The summed E-state index contributed by atoms with van der Waals surface area (Å²) in [7, 11) is 1.97. The lowest BCUT2D eigenvalue weighted by molar-refractivity contribution is 0.0406. The Morgan fingerprint density at radius 2 is 2.35 bits per heavy atom. The summed E-state index contributed by atoms with van der Waals surface area (Å²) < 4.78 is 7.88. The van der Waals surface area contributed by atoms with Gasteiger partial charge in [0, 0.05) is 36.5 Å². The summed E-state index contributed by atoms with van der Waals surface area (Å²) in [5, 5.41) is 10.3. The van der Waals surface area contributed by atoms with E-state index in [9.17, 15) is 5.11 Å². The molecule has 2 aromatic rings. The first-order valence-corrected chi connectivity index (χ1v) is 7.75. The van der Waals surface area contributed by atoms with Gasteiger partial charge in [0.05, 0.1) is 6.10 Å². The number of fused-ring (bicyclic) bond motifs is 1. The molecule has 106 valence electrons. The fourth-order valence-electron chi connectivity index (χ4n) is 2.33. The molecule has 20 heavy (non-hydrogen) atoms. The number of hydrogen-bond donors (Lipinski definition) is 1. The third-order valence-electron chi connectivity index (χ3n) is 3.54. The standard InChI is InChI=1S/C15H18N2O2S/c1-17-9-8-16-15(17)7-6-11(18)13-10-20-14-5-3-2-4-12(14)19-13/h2-5,8-9,11,13,18H,6-7,10H2,1H3. The van der Waals surface area contributed by atoms with E-state index in [2.05, 4.69) is 11.1 Å². The Morgan fingerprint density at radius 3 is 3.15 bits per heavy atom. The Bertz CT molecular complexity index is 585. The van der Waals surface area contributed by atoms with E-state index in [1.165, 1.54) is 0 Å². The summed E-state index contributed by atoms with van der Waals surface area (Å²) in [4.78, 5) is 5.43. The van der Waals surface area contributed by atoms with Gasteiger partial charge in [-0.25, -0.2) is 4.98 Å². The van der Waals surface area contributed by atoms with Crippen molar-refractivity contribution < 1.29 is 9.84 Å². The first kappa shape index (κ1) is 13.5. The van der Waals surface area contributed by atoms with Gasteiger partial charge in [0.1, 0.15) is 17.7 Å². The maximum atomic E-state index is 10.3. The molecule has 0 fully saturated rings. The Balaban J connectivity index is 1.59. The predicted molar refractivity (Wildman–Crippen MR) is 79.1 cm³/mol. The number of thioether (sulfide) groups is 1. The number of imidazole rings is 1. The Labute approximate surface area is 122 Å². The van der Waals surface area contributed by atoms with Gasteiger partial charge in [-0.1, -0.05) is 12.1 Å². The van der Waals surface area contributed by atoms with Crippen molar-refractivity contribution in [2.75, 3.05) is 5.75 Å². The second kappa shape index (κ2) is 5.89. The molecule has 2 unspecified atom stereocenters. The molecule has 1 aliphatic rings. The number of aryl methyl sites for hydroxylation is 2. The molecule has 0 saturated carbocycles. The molecular weight excluding hydrogens is 272 g/mol. The summed E-state index contributed by atoms with van der Waals surface area (Å²) in [6.45, 7) is 0. The van der Waals surface area contributed by atoms with Crippen LogP contribution in [-0.2, 0) is 13.5 Å². The number of aliphatic hydroxyl groups excluding tert-OH is 1. The van der Waals surface area contributed by atoms with Crippen LogP contribution >= 0.6 is 11.8 Å². The normalized spacial score (nSPS) is 19.2. The van der Waals surface area contributed by atoms with Gasteiger partial charge in [-0.15, -0.1) is 11.8 Å². The molecule has 0 aliphatic carbocycles. The van der Waals surface area contributed by atoms with E-state index >= 15 is 0 Å². The number of nitrogens with zero attached hydrogens (tertiary/aromatic N) is 2. The van der Waals surface area contributed by atoms with Crippen molar-refractivity contribution in [1.82, 2.24) is 9.55 Å². The lowest BCUT2D eigenvalue weighted by Gasteiger charge is -2.29. The molecule has 1 aromatic carbocycles. The highest BCUT2D eigenvalue weighted by atomic mass is 32.2. The number of ether oxygens (including phenoxy) is 1. The summed E-state index contributed by atoms with van der Waals surface area (Å²) in [6, 6.07) is 7.98. The van der Waals surface area contributed by atoms with Gasteiger partial charge in [0.15, 0.2) is 0 Å². The lowest BCUT2D eigenvalue weighted by atomic mass is 10.1. The van der Waals surface area contributed by atoms with Crippen LogP contribution in [0.1, 0.15) is 12.2 Å². The highest BCUT2D eigenvalue weighted by Crippen LogP contribution is 2.36. The third kappa shape index (κ3) is 2.83. The maximum Gasteiger partial charge on any atom is 0.134 e. The van der Waals surface area contributed by atoms with E-state index in [4.69, 9.17) is 4.74 Å². The molecule has 0 radical (unpaired) electrons. The van der Waals surface area contributed by atoms with E-state index < -0.39 is 6.10 Å². The molecule has 1 N–H and O–H groups in total. The van der Waals surface area contributed by atoms with Gasteiger partial charge >= 0.3 is 0 Å². The average Bonchev–Trinajstić information content (AvgIpc) is 2.89. The first-order valence-electron chi connectivity index (χ1n) is 6.77. The maximum absolute atomic E-state index is 10.3. The van der Waals surface area contributed by atoms with Crippen LogP contribution < -0.4 is 4.74 Å². The number of hydrogen-bond acceptors (Lipinski definition) is 4. The van der Waals surface area contributed by atoms with E-state index in [1.54, 1.807) is 18.0 Å². The number of rotatable bonds is 4. The first-order chi connectivity index (χ1) is 9.74. The average molecular weight is 290 g/mol. The summed E-state index contributed by atoms with van der Waals surface area (Å²) in [6.07, 6.45) is 4.52. The van der Waals surface area contributed by atoms with Crippen molar-refractivity contribution in [2.24, 2.45) is 7.05 Å². The number of aromatic nitrogens is 2. The molecule has 2 atom stereocenters. The molecule has 3 rings (SSSR count). The Kier molecular flexibility index (Phi) is 3.98. The second-order valence-electron chi connectivity index (χ2n) is 4.97. The SMILES string of the molecule is Cn1ccnc1CCC(O)C1CSc2ccccc2O1. The van der Waals surface area contributed by atoms with Gasteiger partial charge in [0.2, 0.25) is 0 Å². The summed E-state index contributed by atoms with van der Waals surface area (Å²) in [5.74, 6) is 2.66. The number of aliphatic hydroxyl groups is 1. The topological polar surface area (TPSA) is 47.3 Å². The quantitative estimate of drug-likeness (QED) is 0.938. The molecule has 1 aliphatic heterocycles. The minimum atomic E-state index is -0.465. The van der Waals surface area contributed by atoms with E-state index in [-0.39, 0.29) is 6.10 Å². The van der Waals surface area contributed by atoms with Crippen LogP contribution in [-0.4, -0.2) is 32.6 Å². The minimum absolute atomic E-state index is 0.143. The predicted octanol–water partition coefficient (Wildman–Crippen LogP) is 2.27. The van der Waals surface area contributed by atoms with Gasteiger partial charge in [-0.2, -0.15) is 0 Å². The summed E-state index contributed by atoms with van der Waals surface area (Å²) in [5.41, 5.74) is 0. The zero-order chi connectivity index (χ0) is 13.9. The molecule has 0 bridgehead atoms.